The number of nitrogens with zero attached hydrogens (tertiary/aromatic N) is 3. The van der Waals surface area contributed by atoms with Gasteiger partial charge in [-0.1, -0.05) is 54.7 Å². The summed E-state index contributed by atoms with van der Waals surface area (Å²) in [4.78, 5) is 7.57. The van der Waals surface area contributed by atoms with Crippen LogP contribution in [0.2, 0.25) is 0 Å². The number of hydrogen-bond donors (Lipinski definition) is 3. The van der Waals surface area contributed by atoms with Crippen LogP contribution in [0.25, 0.3) is 0 Å². The van der Waals surface area contributed by atoms with Gasteiger partial charge in [-0.15, -0.1) is 0 Å². The number of methoxy groups -OCH3 is 6. The van der Waals surface area contributed by atoms with Crippen molar-refractivity contribution in [1.29, 1.82) is 0 Å². The number of ether oxygens (including phenoxy) is 6. The Morgan fingerprint density at radius 3 is 0.985 bits per heavy atom. The first-order chi connectivity index (χ1) is 32.1. The van der Waals surface area contributed by atoms with E-state index < -0.39 is 0 Å². The van der Waals surface area contributed by atoms with E-state index in [1.165, 1.54) is 50.1 Å². The second kappa shape index (κ2) is 17.4. The van der Waals surface area contributed by atoms with E-state index in [9.17, 15) is 15.3 Å². The van der Waals surface area contributed by atoms with Gasteiger partial charge in [-0.05, 0) is 106 Å². The lowest BCUT2D eigenvalue weighted by Crippen LogP contribution is -2.51. The van der Waals surface area contributed by atoms with E-state index in [0.29, 0.717) is 17.2 Å². The molecule has 348 valence electrons. The van der Waals surface area contributed by atoms with Crippen molar-refractivity contribution >= 4 is 0 Å². The van der Waals surface area contributed by atoms with Crippen molar-refractivity contribution in [2.45, 2.75) is 73.5 Å². The van der Waals surface area contributed by atoms with Gasteiger partial charge in [-0.3, -0.25) is 14.7 Å². The topological polar surface area (TPSA) is 126 Å². The molecule has 12 rings (SSSR count). The zero-order valence-electron chi connectivity index (χ0n) is 39.0. The summed E-state index contributed by atoms with van der Waals surface area (Å²) in [7, 11) is 10.1. The van der Waals surface area contributed by atoms with Crippen LogP contribution in [0.1, 0.15) is 52.6 Å². The lowest BCUT2D eigenvalue weighted by Gasteiger charge is -2.48. The largest absolute Gasteiger partial charge is 0.504 e. The third-order valence-electron chi connectivity index (χ3n) is 16.0. The molecule has 0 saturated carbocycles. The van der Waals surface area contributed by atoms with Crippen molar-refractivity contribution in [3.8, 4) is 34.5 Å². The Labute approximate surface area is 388 Å². The van der Waals surface area contributed by atoms with Gasteiger partial charge in [0.2, 0.25) is 0 Å². The van der Waals surface area contributed by atoms with E-state index in [2.05, 4.69) is 69.4 Å². The molecule has 3 spiro atoms. The van der Waals surface area contributed by atoms with E-state index in [1.807, 2.05) is 36.4 Å². The van der Waals surface area contributed by atoms with Crippen molar-refractivity contribution in [2.75, 3.05) is 81.9 Å². The lowest BCUT2D eigenvalue weighted by atomic mass is 9.71. The minimum absolute atomic E-state index is 0.114. The van der Waals surface area contributed by atoms with Crippen LogP contribution in [0, 0.1) is 0 Å². The van der Waals surface area contributed by atoms with Crippen molar-refractivity contribution in [3.63, 3.8) is 0 Å². The lowest BCUT2D eigenvalue weighted by molar-refractivity contribution is 0.0512. The molecule has 0 aromatic heterocycles. The molecule has 0 fully saturated rings. The molecule has 3 aromatic rings. The monoisotopic (exact) mass is 897 g/mol. The van der Waals surface area contributed by atoms with Gasteiger partial charge in [0, 0.05) is 79.9 Å². The molecule has 0 radical (unpaired) electrons. The number of fused-ring (bicyclic) bond motifs is 3. The van der Waals surface area contributed by atoms with Gasteiger partial charge in [0.05, 0.1) is 56.3 Å². The second-order valence-corrected chi connectivity index (χ2v) is 18.7. The van der Waals surface area contributed by atoms with Gasteiger partial charge in [-0.2, -0.15) is 0 Å². The zero-order chi connectivity index (χ0) is 46.0. The van der Waals surface area contributed by atoms with Crippen LogP contribution in [-0.2, 0) is 50.1 Å². The molecule has 9 aliphatic rings. The van der Waals surface area contributed by atoms with Crippen molar-refractivity contribution in [2.24, 2.45) is 0 Å². The Morgan fingerprint density at radius 1 is 0.439 bits per heavy atom. The van der Waals surface area contributed by atoms with E-state index in [1.54, 1.807) is 42.7 Å². The van der Waals surface area contributed by atoms with Gasteiger partial charge in [0.15, 0.2) is 34.5 Å². The molecule has 66 heavy (non-hydrogen) atoms. The minimum Gasteiger partial charge on any atom is -0.504 e. The SMILES string of the molecule is COc1cc2c(cc1O)CCN1CC=C3C=C[C@H](OC)C[C@]321.COc1cc2c(cc1O)CCN1CC=C3C=C[C@H](OC)C[C@]321.COc1cc2c(cc1O)CCN1CC=C3C=C[C@H](OC)C[C@]321. The Balaban J connectivity index is 0.000000116. The Bertz CT molecular complexity index is 2320. The quantitative estimate of drug-likeness (QED) is 0.234. The molecular formula is C54H63N3O9. The molecule has 3 aromatic carbocycles. The van der Waals surface area contributed by atoms with E-state index >= 15 is 0 Å². The summed E-state index contributed by atoms with van der Waals surface area (Å²) < 4.78 is 32.9. The Kier molecular flexibility index (Phi) is 11.7. The van der Waals surface area contributed by atoms with Gasteiger partial charge in [0.25, 0.3) is 0 Å². The van der Waals surface area contributed by atoms with Gasteiger partial charge < -0.3 is 43.7 Å². The summed E-state index contributed by atoms with van der Waals surface area (Å²) in [5.74, 6) is 2.32. The molecule has 0 saturated heterocycles. The maximum Gasteiger partial charge on any atom is 0.160 e. The summed E-state index contributed by atoms with van der Waals surface area (Å²) in [6.45, 7) is 5.92. The Morgan fingerprint density at radius 2 is 0.727 bits per heavy atom. The van der Waals surface area contributed by atoms with Crippen LogP contribution < -0.4 is 14.2 Å². The molecule has 12 nitrogen and oxygen atoms in total. The summed E-state index contributed by atoms with van der Waals surface area (Å²) in [6, 6.07) is 11.7. The number of phenols is 3. The molecule has 3 aliphatic carbocycles. The highest BCUT2D eigenvalue weighted by Gasteiger charge is 2.53. The molecule has 3 N–H and O–H groups in total. The van der Waals surface area contributed by atoms with Crippen LogP contribution in [0.5, 0.6) is 34.5 Å². The number of benzene rings is 3. The van der Waals surface area contributed by atoms with Crippen LogP contribution in [0.3, 0.4) is 0 Å². The van der Waals surface area contributed by atoms with Gasteiger partial charge in [-0.25, -0.2) is 0 Å². The summed E-state index contributed by atoms with van der Waals surface area (Å²) in [5, 5.41) is 30.3. The second-order valence-electron chi connectivity index (χ2n) is 18.7. The smallest absolute Gasteiger partial charge is 0.160 e. The maximum atomic E-state index is 10.1. The summed E-state index contributed by atoms with van der Waals surface area (Å²) >= 11 is 0. The highest BCUT2D eigenvalue weighted by Crippen LogP contribution is 2.55. The predicted octanol–water partition coefficient (Wildman–Crippen LogP) is 7.11. The number of rotatable bonds is 6. The summed E-state index contributed by atoms with van der Waals surface area (Å²) in [6.07, 6.45) is 25.9. The first-order valence-corrected chi connectivity index (χ1v) is 23.3. The van der Waals surface area contributed by atoms with Gasteiger partial charge >= 0.3 is 0 Å². The molecule has 0 unspecified atom stereocenters. The molecule has 0 bridgehead atoms. The molecular weight excluding hydrogens is 835 g/mol. The third kappa shape index (κ3) is 6.86. The Hall–Kier alpha value is -5.34. The summed E-state index contributed by atoms with van der Waals surface area (Å²) in [5.41, 5.74) is 11.0. The van der Waals surface area contributed by atoms with Crippen LogP contribution in [-0.4, -0.2) is 130 Å². The number of phenolic OH excluding ortho intramolecular Hbond substituents is 3. The molecule has 6 heterocycles. The number of aromatic hydroxyl groups is 3. The van der Waals surface area contributed by atoms with Crippen molar-refractivity contribution < 1.29 is 43.7 Å². The fraction of sp³-hybridized carbons (Fsp3) is 0.444. The number of hydrogen-bond acceptors (Lipinski definition) is 12. The fourth-order valence-electron chi connectivity index (χ4n) is 12.7. The highest BCUT2D eigenvalue weighted by molar-refractivity contribution is 5.60. The highest BCUT2D eigenvalue weighted by atomic mass is 16.5. The zero-order valence-corrected chi connectivity index (χ0v) is 39.0. The van der Waals surface area contributed by atoms with Gasteiger partial charge in [0.1, 0.15) is 0 Å². The fourth-order valence-corrected chi connectivity index (χ4v) is 12.7. The average molecular weight is 898 g/mol. The molecule has 0 amide bonds. The van der Waals surface area contributed by atoms with Crippen LogP contribution in [0.4, 0.5) is 0 Å². The van der Waals surface area contributed by atoms with Crippen molar-refractivity contribution in [3.05, 3.63) is 141 Å². The standard InChI is InChI=1S/3C18H21NO3/c3*1-21-14-4-3-13-6-8-19-7-5-12-9-16(20)17(22-2)10-15(12)18(13,19)11-14/h3*3-4,6,9-10,14,20H,5,7-8,11H2,1-2H3/t3*14-,18-/m000/s1. The van der Waals surface area contributed by atoms with Crippen LogP contribution >= 0.6 is 0 Å². The first-order valence-electron chi connectivity index (χ1n) is 23.3. The third-order valence-corrected chi connectivity index (χ3v) is 16.0. The average Bonchev–Trinajstić information content (AvgIpc) is 4.05. The molecule has 12 heteroatoms. The first kappa shape index (κ1) is 44.5. The predicted molar refractivity (Wildman–Crippen MR) is 253 cm³/mol. The molecule has 6 atom stereocenters. The van der Waals surface area contributed by atoms with E-state index in [0.717, 1.165) is 77.8 Å². The van der Waals surface area contributed by atoms with Crippen LogP contribution in [0.15, 0.2) is 108 Å². The van der Waals surface area contributed by atoms with E-state index in [-0.39, 0.29) is 52.2 Å². The van der Waals surface area contributed by atoms with Crippen molar-refractivity contribution in [1.82, 2.24) is 14.7 Å². The minimum atomic E-state index is -0.135. The maximum absolute atomic E-state index is 10.1. The normalized spacial score (nSPS) is 29.5. The van der Waals surface area contributed by atoms with E-state index in [4.69, 9.17) is 28.4 Å². The molecule has 6 aliphatic heterocycles.